The summed E-state index contributed by atoms with van der Waals surface area (Å²) >= 11 is 5.52. The number of hydrogen-bond acceptors (Lipinski definition) is 3. The van der Waals surface area contributed by atoms with Crippen LogP contribution >= 0.6 is 11.6 Å². The highest BCUT2D eigenvalue weighted by atomic mass is 35.5. The quantitative estimate of drug-likeness (QED) is 0.728. The second kappa shape index (κ2) is 4.83. The molecule has 3 nitrogen and oxygen atoms in total. The Bertz CT molecular complexity index is 242. The first-order chi connectivity index (χ1) is 5.86. The summed E-state index contributed by atoms with van der Waals surface area (Å²) in [5.74, 6) is 1.19. The van der Waals surface area contributed by atoms with E-state index in [4.69, 9.17) is 16.3 Å². The molecule has 0 unspecified atom stereocenters. The summed E-state index contributed by atoms with van der Waals surface area (Å²) in [4.78, 5) is 3.97. The number of halogens is 1. The molecule has 0 atom stereocenters. The maximum atomic E-state index is 5.52. The van der Waals surface area contributed by atoms with Gasteiger partial charge >= 0.3 is 0 Å². The van der Waals surface area contributed by atoms with Crippen LogP contribution in [0.1, 0.15) is 0 Å². The number of hydrogen-bond donors (Lipinski definition) is 1. The lowest BCUT2D eigenvalue weighted by Crippen LogP contribution is -2.02. The highest BCUT2D eigenvalue weighted by Gasteiger charge is 1.94. The summed E-state index contributed by atoms with van der Waals surface area (Å²) in [6.07, 6.45) is 1.69. The highest BCUT2D eigenvalue weighted by Crippen LogP contribution is 2.12. The van der Waals surface area contributed by atoms with Crippen molar-refractivity contribution in [2.45, 2.75) is 0 Å². The van der Waals surface area contributed by atoms with E-state index in [1.54, 1.807) is 13.3 Å². The summed E-state index contributed by atoms with van der Waals surface area (Å²) in [6.45, 7) is 0.745. The van der Waals surface area contributed by atoms with Crippen LogP contribution in [0, 0.1) is 0 Å². The normalized spacial score (nSPS) is 9.50. The van der Waals surface area contributed by atoms with Crippen molar-refractivity contribution in [2.75, 3.05) is 24.9 Å². The standard InChI is InChI=1S/C8H11ClN2O/c1-12-8-6-7(2-4-11-8)10-5-3-9/h2,4,6H,3,5H2,1H3,(H,10,11). The van der Waals surface area contributed by atoms with E-state index in [0.29, 0.717) is 11.8 Å². The molecule has 1 heterocycles. The van der Waals surface area contributed by atoms with E-state index in [-0.39, 0.29) is 0 Å². The zero-order valence-corrected chi connectivity index (χ0v) is 7.64. The predicted octanol–water partition coefficient (Wildman–Crippen LogP) is 1.74. The monoisotopic (exact) mass is 186 g/mol. The van der Waals surface area contributed by atoms with Crippen LogP contribution in [-0.2, 0) is 0 Å². The topological polar surface area (TPSA) is 34.1 Å². The maximum Gasteiger partial charge on any atom is 0.214 e. The van der Waals surface area contributed by atoms with Crippen LogP contribution in [0.2, 0.25) is 0 Å². The molecule has 0 radical (unpaired) electrons. The molecule has 1 N–H and O–H groups in total. The molecule has 0 amide bonds. The zero-order chi connectivity index (χ0) is 8.81. The Morgan fingerprint density at radius 1 is 1.67 bits per heavy atom. The summed E-state index contributed by atoms with van der Waals surface area (Å²) in [7, 11) is 1.59. The van der Waals surface area contributed by atoms with Gasteiger partial charge < -0.3 is 10.1 Å². The SMILES string of the molecule is COc1cc(NCCCl)ccn1. The van der Waals surface area contributed by atoms with Gasteiger partial charge in [0.25, 0.3) is 0 Å². The number of alkyl halides is 1. The molecule has 0 fully saturated rings. The Morgan fingerprint density at radius 3 is 3.17 bits per heavy atom. The Labute approximate surface area is 76.7 Å². The molecular formula is C8H11ClN2O. The fourth-order valence-corrected chi connectivity index (χ4v) is 0.917. The first-order valence-corrected chi connectivity index (χ1v) is 4.20. The minimum Gasteiger partial charge on any atom is -0.481 e. The third kappa shape index (κ3) is 2.58. The van der Waals surface area contributed by atoms with E-state index < -0.39 is 0 Å². The molecule has 1 aromatic heterocycles. The number of pyridine rings is 1. The van der Waals surface area contributed by atoms with Gasteiger partial charge in [0, 0.05) is 30.4 Å². The predicted molar refractivity (Wildman–Crippen MR) is 50.0 cm³/mol. The molecular weight excluding hydrogens is 176 g/mol. The molecule has 0 bridgehead atoms. The average Bonchev–Trinajstić information content (AvgIpc) is 2.15. The number of rotatable bonds is 4. The highest BCUT2D eigenvalue weighted by molar-refractivity contribution is 6.18. The van der Waals surface area contributed by atoms with Crippen molar-refractivity contribution >= 4 is 17.3 Å². The van der Waals surface area contributed by atoms with Crippen LogP contribution in [0.5, 0.6) is 5.88 Å². The first kappa shape index (κ1) is 9.13. The van der Waals surface area contributed by atoms with Crippen LogP contribution < -0.4 is 10.1 Å². The van der Waals surface area contributed by atoms with Gasteiger partial charge in [-0.25, -0.2) is 4.98 Å². The summed E-state index contributed by atoms with van der Waals surface area (Å²) in [5, 5.41) is 3.12. The van der Waals surface area contributed by atoms with Gasteiger partial charge in [0.15, 0.2) is 0 Å². The van der Waals surface area contributed by atoms with E-state index in [0.717, 1.165) is 12.2 Å². The minimum absolute atomic E-state index is 0.588. The molecule has 0 saturated heterocycles. The average molecular weight is 187 g/mol. The lowest BCUT2D eigenvalue weighted by Gasteiger charge is -2.04. The summed E-state index contributed by atoms with van der Waals surface area (Å²) in [5.41, 5.74) is 0.975. The third-order valence-corrected chi connectivity index (χ3v) is 1.56. The minimum atomic E-state index is 0.588. The molecule has 1 aromatic rings. The van der Waals surface area contributed by atoms with Crippen molar-refractivity contribution in [3.8, 4) is 5.88 Å². The van der Waals surface area contributed by atoms with Gasteiger partial charge in [-0.3, -0.25) is 0 Å². The molecule has 0 aromatic carbocycles. The van der Waals surface area contributed by atoms with Crippen molar-refractivity contribution in [2.24, 2.45) is 0 Å². The van der Waals surface area contributed by atoms with Crippen LogP contribution in [0.3, 0.4) is 0 Å². The van der Waals surface area contributed by atoms with Gasteiger partial charge in [0.1, 0.15) is 0 Å². The second-order valence-corrected chi connectivity index (χ2v) is 2.58. The van der Waals surface area contributed by atoms with Crippen LogP contribution in [-0.4, -0.2) is 24.5 Å². The van der Waals surface area contributed by atoms with Crippen molar-refractivity contribution in [3.63, 3.8) is 0 Å². The summed E-state index contributed by atoms with van der Waals surface area (Å²) < 4.78 is 4.95. The number of nitrogens with one attached hydrogen (secondary N) is 1. The molecule has 12 heavy (non-hydrogen) atoms. The van der Waals surface area contributed by atoms with Crippen LogP contribution in [0.25, 0.3) is 0 Å². The molecule has 4 heteroatoms. The Balaban J connectivity index is 2.60. The molecule has 0 spiro atoms. The first-order valence-electron chi connectivity index (χ1n) is 3.66. The largest absolute Gasteiger partial charge is 0.481 e. The number of anilines is 1. The molecule has 66 valence electrons. The van der Waals surface area contributed by atoms with Gasteiger partial charge in [-0.2, -0.15) is 0 Å². The molecule has 0 aliphatic rings. The van der Waals surface area contributed by atoms with Gasteiger partial charge in [-0.05, 0) is 6.07 Å². The van der Waals surface area contributed by atoms with Gasteiger partial charge in [-0.1, -0.05) is 0 Å². The fourth-order valence-electron chi connectivity index (χ4n) is 0.823. The molecule has 0 aliphatic heterocycles. The van der Waals surface area contributed by atoms with E-state index in [1.807, 2.05) is 12.1 Å². The van der Waals surface area contributed by atoms with Crippen LogP contribution in [0.15, 0.2) is 18.3 Å². The third-order valence-electron chi connectivity index (χ3n) is 1.37. The van der Waals surface area contributed by atoms with Crippen LogP contribution in [0.4, 0.5) is 5.69 Å². The smallest absolute Gasteiger partial charge is 0.214 e. The molecule has 1 rings (SSSR count). The van der Waals surface area contributed by atoms with Crippen molar-refractivity contribution in [1.82, 2.24) is 4.98 Å². The van der Waals surface area contributed by atoms with Gasteiger partial charge in [-0.15, -0.1) is 11.6 Å². The summed E-state index contributed by atoms with van der Waals surface area (Å²) in [6, 6.07) is 3.70. The van der Waals surface area contributed by atoms with Crippen molar-refractivity contribution < 1.29 is 4.74 Å². The lowest BCUT2D eigenvalue weighted by atomic mass is 10.4. The number of methoxy groups -OCH3 is 1. The maximum absolute atomic E-state index is 5.52. The lowest BCUT2D eigenvalue weighted by molar-refractivity contribution is 0.398. The van der Waals surface area contributed by atoms with E-state index in [9.17, 15) is 0 Å². The van der Waals surface area contributed by atoms with Crippen molar-refractivity contribution in [3.05, 3.63) is 18.3 Å². The van der Waals surface area contributed by atoms with E-state index >= 15 is 0 Å². The second-order valence-electron chi connectivity index (χ2n) is 2.20. The van der Waals surface area contributed by atoms with E-state index in [2.05, 4.69) is 10.3 Å². The molecule has 0 aliphatic carbocycles. The number of ether oxygens (including phenoxy) is 1. The van der Waals surface area contributed by atoms with Gasteiger partial charge in [0.2, 0.25) is 5.88 Å². The number of nitrogens with zero attached hydrogens (tertiary/aromatic N) is 1. The van der Waals surface area contributed by atoms with Crippen molar-refractivity contribution in [1.29, 1.82) is 0 Å². The van der Waals surface area contributed by atoms with Gasteiger partial charge in [0.05, 0.1) is 7.11 Å². The van der Waals surface area contributed by atoms with E-state index in [1.165, 1.54) is 0 Å². The number of aromatic nitrogens is 1. The Kier molecular flexibility index (Phi) is 3.67. The molecule has 0 saturated carbocycles. The fraction of sp³-hybridized carbons (Fsp3) is 0.375. The zero-order valence-electron chi connectivity index (χ0n) is 6.88. The Morgan fingerprint density at radius 2 is 2.50 bits per heavy atom. The Hall–Kier alpha value is -0.960.